The van der Waals surface area contributed by atoms with Gasteiger partial charge in [0.15, 0.2) is 5.11 Å². The number of nitrogens with zero attached hydrogens (tertiary/aromatic N) is 1. The molecular weight excluding hydrogens is 453 g/mol. The molecule has 1 aliphatic heterocycles. The maximum atomic E-state index is 12.9. The van der Waals surface area contributed by atoms with Gasteiger partial charge < -0.3 is 35.8 Å². The van der Waals surface area contributed by atoms with Crippen LogP contribution >= 0.6 is 12.2 Å². The van der Waals surface area contributed by atoms with Gasteiger partial charge in [0.2, 0.25) is 11.8 Å². The van der Waals surface area contributed by atoms with E-state index < -0.39 is 48.2 Å². The molecule has 0 unspecified atom stereocenters. The van der Waals surface area contributed by atoms with E-state index in [1.54, 1.807) is 4.90 Å². The molecule has 1 aromatic rings. The first kappa shape index (κ1) is 24.0. The van der Waals surface area contributed by atoms with Gasteiger partial charge in [0.05, 0.1) is 24.1 Å². The van der Waals surface area contributed by atoms with Gasteiger partial charge in [-0.3, -0.25) is 9.59 Å². The minimum absolute atomic E-state index is 0.0512. The lowest BCUT2D eigenvalue weighted by atomic mass is 9.77. The van der Waals surface area contributed by atoms with Gasteiger partial charge in [-0.15, -0.1) is 13.2 Å². The third-order valence-corrected chi connectivity index (χ3v) is 5.64. The summed E-state index contributed by atoms with van der Waals surface area (Å²) in [4.78, 5) is 25.4. The number of amides is 2. The Morgan fingerprint density at radius 3 is 2.44 bits per heavy atom. The second kappa shape index (κ2) is 9.46. The van der Waals surface area contributed by atoms with Crippen LogP contribution in [0.4, 0.5) is 18.9 Å². The Balaban J connectivity index is 1.81. The number of nitrogens with one attached hydrogen (secondary N) is 3. The lowest BCUT2D eigenvalue weighted by Crippen LogP contribution is -2.61. The van der Waals surface area contributed by atoms with Crippen molar-refractivity contribution >= 4 is 34.8 Å². The number of halogens is 3. The molecule has 1 saturated heterocycles. The number of hydrogen-bond donors (Lipinski definition) is 5. The molecule has 5 atom stereocenters. The number of rotatable bonds is 6. The number of aliphatic hydroxyl groups excluding tert-OH is 2. The third-order valence-electron chi connectivity index (χ3n) is 5.33. The van der Waals surface area contributed by atoms with E-state index in [9.17, 15) is 33.0 Å². The van der Waals surface area contributed by atoms with Crippen LogP contribution < -0.4 is 25.6 Å². The number of alkyl halides is 3. The SMILES string of the molecule is CC(=O)NCCNC(=O)[C@H]1C[C@@H](O)[C@H](O)[C@H]2NC(=S)N(c3ccc(OC(F)(F)F)cc3)[C@@H]21. The average molecular weight is 476 g/mol. The van der Waals surface area contributed by atoms with Gasteiger partial charge in [-0.1, -0.05) is 0 Å². The lowest BCUT2D eigenvalue weighted by Gasteiger charge is -2.41. The number of ether oxygens (including phenoxy) is 1. The molecule has 1 saturated carbocycles. The van der Waals surface area contributed by atoms with Gasteiger partial charge in [-0.25, -0.2) is 0 Å². The van der Waals surface area contributed by atoms with Crippen molar-refractivity contribution in [2.24, 2.45) is 5.92 Å². The van der Waals surface area contributed by atoms with Crippen LogP contribution in [0.3, 0.4) is 0 Å². The topological polar surface area (TPSA) is 123 Å². The molecular formula is C19H23F3N4O5S. The zero-order valence-electron chi connectivity index (χ0n) is 16.9. The van der Waals surface area contributed by atoms with E-state index in [4.69, 9.17) is 12.2 Å². The Labute approximate surface area is 186 Å². The Morgan fingerprint density at radius 1 is 1.22 bits per heavy atom. The number of carbonyl (C=O) groups is 2. The van der Waals surface area contributed by atoms with E-state index in [1.807, 2.05) is 0 Å². The van der Waals surface area contributed by atoms with Crippen LogP contribution in [0.25, 0.3) is 0 Å². The van der Waals surface area contributed by atoms with Crippen LogP contribution in [-0.4, -0.2) is 70.9 Å². The predicted octanol–water partition coefficient (Wildman–Crippen LogP) is 0.0109. The first-order chi connectivity index (χ1) is 15.0. The lowest BCUT2D eigenvalue weighted by molar-refractivity contribution is -0.274. The molecule has 1 aliphatic carbocycles. The number of fused-ring (bicyclic) bond motifs is 1. The molecule has 0 spiro atoms. The summed E-state index contributed by atoms with van der Waals surface area (Å²) in [6.07, 6.45) is -7.27. The fourth-order valence-electron chi connectivity index (χ4n) is 4.00. The molecule has 2 amide bonds. The molecule has 0 bridgehead atoms. The molecule has 32 heavy (non-hydrogen) atoms. The highest BCUT2D eigenvalue weighted by atomic mass is 32.1. The molecule has 5 N–H and O–H groups in total. The third kappa shape index (κ3) is 5.40. The number of thiocarbonyl (C=S) groups is 1. The van der Waals surface area contributed by atoms with Crippen molar-refractivity contribution in [3.05, 3.63) is 24.3 Å². The summed E-state index contributed by atoms with van der Waals surface area (Å²) in [7, 11) is 0. The molecule has 0 radical (unpaired) electrons. The minimum atomic E-state index is -4.83. The maximum Gasteiger partial charge on any atom is 0.573 e. The number of hydrogen-bond acceptors (Lipinski definition) is 6. The van der Waals surface area contributed by atoms with Crippen LogP contribution in [0.1, 0.15) is 13.3 Å². The fraction of sp³-hybridized carbons (Fsp3) is 0.526. The summed E-state index contributed by atoms with van der Waals surface area (Å²) in [5, 5.41) is 29.0. The Hall–Kier alpha value is -2.64. The van der Waals surface area contributed by atoms with E-state index in [1.165, 1.54) is 19.1 Å². The highest BCUT2D eigenvalue weighted by Crippen LogP contribution is 2.37. The van der Waals surface area contributed by atoms with Crippen LogP contribution in [0.2, 0.25) is 0 Å². The van der Waals surface area contributed by atoms with Gasteiger partial charge in [-0.2, -0.15) is 0 Å². The van der Waals surface area contributed by atoms with Crippen LogP contribution in [0, 0.1) is 5.92 Å². The molecule has 9 nitrogen and oxygen atoms in total. The fourth-order valence-corrected chi connectivity index (χ4v) is 4.37. The van der Waals surface area contributed by atoms with Gasteiger partial charge >= 0.3 is 6.36 Å². The number of aliphatic hydroxyl groups is 2. The van der Waals surface area contributed by atoms with Gasteiger partial charge in [0.25, 0.3) is 0 Å². The summed E-state index contributed by atoms with van der Waals surface area (Å²) < 4.78 is 41.2. The number of carbonyl (C=O) groups excluding carboxylic acids is 2. The highest BCUT2D eigenvalue weighted by Gasteiger charge is 2.53. The predicted molar refractivity (Wildman–Crippen MR) is 111 cm³/mol. The van der Waals surface area contributed by atoms with Crippen molar-refractivity contribution < 1.29 is 37.7 Å². The maximum absolute atomic E-state index is 12.9. The summed E-state index contributed by atoms with van der Waals surface area (Å²) in [6, 6.07) is 3.49. The van der Waals surface area contributed by atoms with Crippen molar-refractivity contribution in [1.29, 1.82) is 0 Å². The smallest absolute Gasteiger partial charge is 0.406 e. The van der Waals surface area contributed by atoms with Crippen molar-refractivity contribution in [2.45, 2.75) is 44.0 Å². The molecule has 3 rings (SSSR count). The number of benzene rings is 1. The van der Waals surface area contributed by atoms with Gasteiger partial charge in [0, 0.05) is 25.7 Å². The zero-order chi connectivity index (χ0) is 23.6. The largest absolute Gasteiger partial charge is 0.573 e. The van der Waals surface area contributed by atoms with Crippen molar-refractivity contribution in [2.75, 3.05) is 18.0 Å². The van der Waals surface area contributed by atoms with Crippen molar-refractivity contribution in [1.82, 2.24) is 16.0 Å². The Morgan fingerprint density at radius 2 is 1.84 bits per heavy atom. The minimum Gasteiger partial charge on any atom is -0.406 e. The van der Waals surface area contributed by atoms with E-state index in [0.29, 0.717) is 5.69 Å². The standard InChI is InChI=1S/C19H23F3N4O5S/c1-9(27)23-6-7-24-17(30)12-8-13(28)16(29)14-15(12)26(18(32)25-14)10-2-4-11(5-3-10)31-19(20,21)22/h2-5,12-16,28-29H,6-8H2,1H3,(H,23,27)(H,24,30)(H,25,32)/t12-,13+,14-,15+,16-/m0/s1. The summed E-state index contributed by atoms with van der Waals surface area (Å²) in [5.41, 5.74) is 0.393. The summed E-state index contributed by atoms with van der Waals surface area (Å²) in [6.45, 7) is 1.72. The molecule has 1 heterocycles. The van der Waals surface area contributed by atoms with Crippen molar-refractivity contribution in [3.8, 4) is 5.75 Å². The Kier molecular flexibility index (Phi) is 7.10. The quantitative estimate of drug-likeness (QED) is 0.288. The average Bonchev–Trinajstić information content (AvgIpc) is 3.04. The van der Waals surface area contributed by atoms with Crippen LogP contribution in [0.15, 0.2) is 24.3 Å². The molecule has 176 valence electrons. The van der Waals surface area contributed by atoms with Gasteiger partial charge in [0.1, 0.15) is 11.9 Å². The first-order valence-corrected chi connectivity index (χ1v) is 10.2. The summed E-state index contributed by atoms with van der Waals surface area (Å²) in [5.74, 6) is -1.87. The molecule has 1 aromatic carbocycles. The monoisotopic (exact) mass is 476 g/mol. The first-order valence-electron chi connectivity index (χ1n) is 9.82. The van der Waals surface area contributed by atoms with E-state index in [0.717, 1.165) is 12.1 Å². The number of anilines is 1. The van der Waals surface area contributed by atoms with E-state index in [2.05, 4.69) is 20.7 Å². The summed E-state index contributed by atoms with van der Waals surface area (Å²) >= 11 is 5.36. The molecule has 2 fully saturated rings. The van der Waals surface area contributed by atoms with Crippen LogP contribution in [0.5, 0.6) is 5.75 Å². The van der Waals surface area contributed by atoms with Gasteiger partial charge in [-0.05, 0) is 42.9 Å². The Bertz CT molecular complexity index is 870. The zero-order valence-corrected chi connectivity index (χ0v) is 17.7. The normalized spacial score (nSPS) is 27.4. The van der Waals surface area contributed by atoms with Crippen molar-refractivity contribution in [3.63, 3.8) is 0 Å². The molecule has 13 heteroatoms. The second-order valence-electron chi connectivity index (χ2n) is 7.55. The second-order valence-corrected chi connectivity index (χ2v) is 7.94. The van der Waals surface area contributed by atoms with E-state index >= 15 is 0 Å². The van der Waals surface area contributed by atoms with Crippen LogP contribution in [-0.2, 0) is 9.59 Å². The molecule has 2 aliphatic rings. The molecule has 0 aromatic heterocycles. The van der Waals surface area contributed by atoms with E-state index in [-0.39, 0.29) is 30.5 Å². The highest BCUT2D eigenvalue weighted by molar-refractivity contribution is 7.80.